The van der Waals surface area contributed by atoms with Crippen LogP contribution in [-0.4, -0.2) is 18.3 Å². The smallest absolute Gasteiger partial charge is 0.150 e. The third-order valence-corrected chi connectivity index (χ3v) is 3.21. The van der Waals surface area contributed by atoms with Crippen LogP contribution in [0, 0.1) is 0 Å². The highest BCUT2D eigenvalue weighted by atomic mass is 16.1. The molecule has 0 aliphatic heterocycles. The van der Waals surface area contributed by atoms with Gasteiger partial charge in [0.05, 0.1) is 5.69 Å². The van der Waals surface area contributed by atoms with E-state index in [1.807, 2.05) is 37.4 Å². The van der Waals surface area contributed by atoms with E-state index in [-0.39, 0.29) is 0 Å². The van der Waals surface area contributed by atoms with Crippen LogP contribution in [0.15, 0.2) is 48.7 Å². The molecule has 2 aromatic rings. The van der Waals surface area contributed by atoms with E-state index in [2.05, 4.69) is 22.4 Å². The van der Waals surface area contributed by atoms with Crippen molar-refractivity contribution in [3.05, 3.63) is 65.5 Å². The van der Waals surface area contributed by atoms with Gasteiger partial charge < -0.3 is 5.32 Å². The molecule has 0 bridgehead atoms. The minimum Gasteiger partial charge on any atom is -0.314 e. The second-order valence-electron chi connectivity index (χ2n) is 4.91. The summed E-state index contributed by atoms with van der Waals surface area (Å²) in [5.41, 5.74) is 3.24. The molecule has 0 radical (unpaired) electrons. The summed E-state index contributed by atoms with van der Waals surface area (Å²) in [5, 5.41) is 3.02. The Bertz CT molecular complexity index is 518. The molecule has 1 saturated carbocycles. The summed E-state index contributed by atoms with van der Waals surface area (Å²) in [6, 6.07) is 13.8. The maximum atomic E-state index is 10.3. The van der Waals surface area contributed by atoms with E-state index in [1.54, 1.807) is 6.20 Å². The van der Waals surface area contributed by atoms with Crippen LogP contribution in [0.5, 0.6) is 0 Å². The van der Waals surface area contributed by atoms with Crippen LogP contribution in [0.3, 0.4) is 0 Å². The van der Waals surface area contributed by atoms with Gasteiger partial charge in [0.1, 0.15) is 6.29 Å². The zero-order valence-electron chi connectivity index (χ0n) is 11.8. The molecule has 3 rings (SSSR count). The van der Waals surface area contributed by atoms with Crippen LogP contribution >= 0.6 is 0 Å². The molecule has 0 atom stereocenters. The number of aromatic nitrogens is 1. The van der Waals surface area contributed by atoms with Gasteiger partial charge in [-0.15, -0.1) is 0 Å². The fourth-order valence-electron chi connectivity index (χ4n) is 1.95. The zero-order valence-corrected chi connectivity index (χ0v) is 11.8. The van der Waals surface area contributed by atoms with Gasteiger partial charge in [0, 0.05) is 18.3 Å². The van der Waals surface area contributed by atoms with Gasteiger partial charge in [-0.25, -0.2) is 0 Å². The maximum absolute atomic E-state index is 10.3. The summed E-state index contributed by atoms with van der Waals surface area (Å²) in [6.45, 7) is 0.848. The highest BCUT2D eigenvalue weighted by Gasteiger charge is 2.22. The molecule has 3 nitrogen and oxygen atoms in total. The van der Waals surface area contributed by atoms with Gasteiger partial charge in [-0.05, 0) is 43.5 Å². The fourth-order valence-corrected chi connectivity index (χ4v) is 1.95. The van der Waals surface area contributed by atoms with E-state index in [1.165, 1.54) is 18.4 Å². The molecular weight excluding hydrogens is 248 g/mol. The van der Waals surface area contributed by atoms with Gasteiger partial charge in [0.25, 0.3) is 0 Å². The molecule has 0 amide bonds. The molecule has 0 saturated heterocycles. The lowest BCUT2D eigenvalue weighted by Crippen LogP contribution is -2.05. The molecule has 1 N–H and O–H groups in total. The average molecular weight is 268 g/mol. The first-order chi connectivity index (χ1) is 9.83. The maximum Gasteiger partial charge on any atom is 0.150 e. The van der Waals surface area contributed by atoms with E-state index in [4.69, 9.17) is 0 Å². The average Bonchev–Trinajstić information content (AvgIpc) is 3.34. The van der Waals surface area contributed by atoms with Gasteiger partial charge >= 0.3 is 0 Å². The van der Waals surface area contributed by atoms with Gasteiger partial charge in [-0.2, -0.15) is 0 Å². The third kappa shape index (κ3) is 4.59. The van der Waals surface area contributed by atoms with Crippen molar-refractivity contribution in [2.45, 2.75) is 25.3 Å². The molecule has 3 heteroatoms. The Labute approximate surface area is 120 Å². The minimum atomic E-state index is 0.773. The number of hydrogen-bond acceptors (Lipinski definition) is 3. The van der Waals surface area contributed by atoms with Gasteiger partial charge in [-0.1, -0.05) is 30.3 Å². The predicted molar refractivity (Wildman–Crippen MR) is 80.8 cm³/mol. The molecule has 104 valence electrons. The first-order valence-electron chi connectivity index (χ1n) is 6.93. The van der Waals surface area contributed by atoms with E-state index >= 15 is 0 Å². The van der Waals surface area contributed by atoms with Crippen LogP contribution in [0.1, 0.15) is 40.4 Å². The first-order valence-corrected chi connectivity index (χ1v) is 6.93. The molecule has 1 aromatic heterocycles. The lowest BCUT2D eigenvalue weighted by molar-refractivity contribution is 0.112. The molecule has 1 fully saturated rings. The largest absolute Gasteiger partial charge is 0.314 e. The number of nitrogens with one attached hydrogen (secondary N) is 1. The van der Waals surface area contributed by atoms with E-state index in [0.717, 1.165) is 30.0 Å². The monoisotopic (exact) mass is 268 g/mol. The number of nitrogens with zero attached hydrogens (tertiary/aromatic N) is 1. The van der Waals surface area contributed by atoms with Crippen LogP contribution < -0.4 is 5.32 Å². The standard InChI is InChI=1S/C10H10O.C7H10N2/c11-7-8-1-3-9(4-2-8)10-5-6-10;1-8-6-7-4-2-3-5-9-7/h1-4,7,10H,5-6H2;2-5,8H,6H2,1H3. The van der Waals surface area contributed by atoms with Crippen LogP contribution in [-0.2, 0) is 6.54 Å². The number of rotatable bonds is 4. The normalized spacial score (nSPS) is 13.2. The number of benzene rings is 1. The second kappa shape index (κ2) is 7.56. The van der Waals surface area contributed by atoms with Crippen molar-refractivity contribution in [3.8, 4) is 0 Å². The topological polar surface area (TPSA) is 42.0 Å². The predicted octanol–water partition coefficient (Wildman–Crippen LogP) is 3.18. The molecule has 1 aliphatic rings. The van der Waals surface area contributed by atoms with Crippen molar-refractivity contribution in [1.29, 1.82) is 0 Å². The van der Waals surface area contributed by atoms with E-state index < -0.39 is 0 Å². The van der Waals surface area contributed by atoms with Crippen molar-refractivity contribution >= 4 is 6.29 Å². The lowest BCUT2D eigenvalue weighted by Gasteiger charge is -1.95. The molecule has 0 spiro atoms. The highest BCUT2D eigenvalue weighted by molar-refractivity contribution is 5.74. The summed E-state index contributed by atoms with van der Waals surface area (Å²) in [5.74, 6) is 0.788. The molecule has 0 unspecified atom stereocenters. The Kier molecular flexibility index (Phi) is 5.44. The molecule has 1 aliphatic carbocycles. The number of aldehydes is 1. The highest BCUT2D eigenvalue weighted by Crippen LogP contribution is 2.39. The van der Waals surface area contributed by atoms with E-state index in [0.29, 0.717) is 0 Å². The third-order valence-electron chi connectivity index (χ3n) is 3.21. The van der Waals surface area contributed by atoms with E-state index in [9.17, 15) is 4.79 Å². The minimum absolute atomic E-state index is 0.773. The van der Waals surface area contributed by atoms with Crippen LogP contribution in [0.4, 0.5) is 0 Å². The van der Waals surface area contributed by atoms with Crippen molar-refractivity contribution in [1.82, 2.24) is 10.3 Å². The summed E-state index contributed by atoms with van der Waals surface area (Å²) >= 11 is 0. The SMILES string of the molecule is CNCc1ccccn1.O=Cc1ccc(C2CC2)cc1. The quantitative estimate of drug-likeness (QED) is 0.866. The van der Waals surface area contributed by atoms with Crippen molar-refractivity contribution in [3.63, 3.8) is 0 Å². The Morgan fingerprint density at radius 1 is 1.20 bits per heavy atom. The van der Waals surface area contributed by atoms with Crippen LogP contribution in [0.25, 0.3) is 0 Å². The Morgan fingerprint density at radius 3 is 2.45 bits per heavy atom. The molecule has 20 heavy (non-hydrogen) atoms. The second-order valence-corrected chi connectivity index (χ2v) is 4.91. The molecular formula is C17H20N2O. The summed E-state index contributed by atoms with van der Waals surface area (Å²) < 4.78 is 0. The Morgan fingerprint density at radius 2 is 1.95 bits per heavy atom. The number of pyridine rings is 1. The molecule has 1 aromatic carbocycles. The van der Waals surface area contributed by atoms with Crippen LogP contribution in [0.2, 0.25) is 0 Å². The number of carbonyl (C=O) groups excluding carboxylic acids is 1. The van der Waals surface area contributed by atoms with Gasteiger partial charge in [0.2, 0.25) is 0 Å². The van der Waals surface area contributed by atoms with Gasteiger partial charge in [0.15, 0.2) is 0 Å². The fraction of sp³-hybridized carbons (Fsp3) is 0.294. The first kappa shape index (κ1) is 14.4. The summed E-state index contributed by atoms with van der Waals surface area (Å²) in [7, 11) is 1.91. The summed E-state index contributed by atoms with van der Waals surface area (Å²) in [4.78, 5) is 14.4. The zero-order chi connectivity index (χ0) is 14.2. The lowest BCUT2D eigenvalue weighted by atomic mass is 10.1. The molecule has 1 heterocycles. The number of hydrogen-bond donors (Lipinski definition) is 1. The van der Waals surface area contributed by atoms with Crippen molar-refractivity contribution in [2.75, 3.05) is 7.05 Å². The van der Waals surface area contributed by atoms with Crippen molar-refractivity contribution in [2.24, 2.45) is 0 Å². The number of carbonyl (C=O) groups is 1. The summed E-state index contributed by atoms with van der Waals surface area (Å²) in [6.07, 6.45) is 5.32. The Hall–Kier alpha value is -2.00. The Balaban J connectivity index is 0.000000151. The van der Waals surface area contributed by atoms with Crippen molar-refractivity contribution < 1.29 is 4.79 Å². The van der Waals surface area contributed by atoms with Gasteiger partial charge in [-0.3, -0.25) is 9.78 Å².